The van der Waals surface area contributed by atoms with Crippen LogP contribution in [0.4, 0.5) is 0 Å². The van der Waals surface area contributed by atoms with Crippen LogP contribution in [-0.4, -0.2) is 64.5 Å². The van der Waals surface area contributed by atoms with Crippen LogP contribution in [0.1, 0.15) is 87.7 Å². The van der Waals surface area contributed by atoms with Crippen molar-refractivity contribution >= 4 is 23.7 Å². The number of unbranched alkanes of at least 4 members (excludes halogenated alkanes) is 4. The first-order chi connectivity index (χ1) is 25.4. The van der Waals surface area contributed by atoms with Gasteiger partial charge in [0, 0.05) is 42.6 Å². The number of hydrogen-bond donors (Lipinski definition) is 4. The summed E-state index contributed by atoms with van der Waals surface area (Å²) in [5.41, 5.74) is 4.61. The van der Waals surface area contributed by atoms with Gasteiger partial charge in [-0.05, 0) is 52.8 Å². The largest absolute Gasteiger partial charge is 0.494 e. The Hall–Kier alpha value is -5.58. The summed E-state index contributed by atoms with van der Waals surface area (Å²) in [7, 11) is 1.35. The molecule has 0 unspecified atom stereocenters. The van der Waals surface area contributed by atoms with Gasteiger partial charge in [-0.25, -0.2) is 9.97 Å². The van der Waals surface area contributed by atoms with E-state index in [4.69, 9.17) is 4.74 Å². The number of nitrogens with one attached hydrogen (secondary N) is 3. The van der Waals surface area contributed by atoms with Gasteiger partial charge in [0.1, 0.15) is 17.8 Å². The van der Waals surface area contributed by atoms with Gasteiger partial charge >= 0.3 is 5.97 Å². The molecule has 0 aliphatic carbocycles. The number of carboxylic acids is 1. The Kier molecular flexibility index (Phi) is 14.6. The third-order valence-electron chi connectivity index (χ3n) is 8.90. The van der Waals surface area contributed by atoms with Gasteiger partial charge in [0.25, 0.3) is 5.91 Å². The van der Waals surface area contributed by atoms with E-state index in [0.29, 0.717) is 23.6 Å². The summed E-state index contributed by atoms with van der Waals surface area (Å²) in [6.07, 6.45) is 8.94. The number of aliphatic carboxylic acids is 1. The van der Waals surface area contributed by atoms with Gasteiger partial charge < -0.3 is 25.8 Å². The molecule has 3 amide bonds. The van der Waals surface area contributed by atoms with Crippen molar-refractivity contribution < 1.29 is 29.0 Å². The van der Waals surface area contributed by atoms with Crippen molar-refractivity contribution in [2.24, 2.45) is 0 Å². The minimum atomic E-state index is -1.32. The summed E-state index contributed by atoms with van der Waals surface area (Å²) in [6.45, 7) is 9.13. The fraction of sp³-hybridized carbons (Fsp3) is 0.381. The van der Waals surface area contributed by atoms with Crippen LogP contribution in [0.25, 0.3) is 22.5 Å². The van der Waals surface area contributed by atoms with Crippen molar-refractivity contribution in [3.63, 3.8) is 0 Å². The van der Waals surface area contributed by atoms with Crippen LogP contribution in [0.3, 0.4) is 0 Å². The van der Waals surface area contributed by atoms with Crippen molar-refractivity contribution in [2.45, 2.75) is 90.1 Å². The van der Waals surface area contributed by atoms with Crippen LogP contribution in [0.15, 0.2) is 85.2 Å². The zero-order chi connectivity index (χ0) is 38.4. The Morgan fingerprint density at radius 2 is 1.36 bits per heavy atom. The topological polar surface area (TPSA) is 160 Å². The molecule has 0 saturated heterocycles. The normalized spacial score (nSPS) is 12.3. The van der Waals surface area contributed by atoms with Crippen molar-refractivity contribution in [3.05, 3.63) is 102 Å². The van der Waals surface area contributed by atoms with Crippen molar-refractivity contribution in [1.29, 1.82) is 0 Å². The van der Waals surface area contributed by atoms with Gasteiger partial charge in [0.05, 0.1) is 13.0 Å². The molecule has 0 spiro atoms. The van der Waals surface area contributed by atoms with Crippen LogP contribution < -0.4 is 20.7 Å². The molecule has 0 aliphatic heterocycles. The average molecular weight is 722 g/mol. The van der Waals surface area contributed by atoms with Gasteiger partial charge in [-0.2, -0.15) is 0 Å². The quantitative estimate of drug-likeness (QED) is 0.0848. The smallest absolute Gasteiger partial charge is 0.305 e. The predicted octanol–water partition coefficient (Wildman–Crippen LogP) is 6.50. The Morgan fingerprint density at radius 3 is 1.94 bits per heavy atom. The van der Waals surface area contributed by atoms with E-state index >= 15 is 0 Å². The first kappa shape index (κ1) is 40.2. The molecule has 2 atom stereocenters. The maximum Gasteiger partial charge on any atom is 0.305 e. The Bertz CT molecular complexity index is 1800. The van der Waals surface area contributed by atoms with E-state index in [1.165, 1.54) is 32.7 Å². The molecule has 0 aliphatic rings. The van der Waals surface area contributed by atoms with Crippen LogP contribution in [0.2, 0.25) is 0 Å². The van der Waals surface area contributed by atoms with Gasteiger partial charge in [-0.15, -0.1) is 0 Å². The Labute approximate surface area is 312 Å². The van der Waals surface area contributed by atoms with Crippen LogP contribution in [0.5, 0.6) is 5.75 Å². The number of benzene rings is 3. The van der Waals surface area contributed by atoms with Crippen LogP contribution in [-0.2, 0) is 26.2 Å². The highest BCUT2D eigenvalue weighted by atomic mass is 16.5. The second-order valence-electron chi connectivity index (χ2n) is 14.1. The van der Waals surface area contributed by atoms with E-state index in [9.17, 15) is 24.3 Å². The average Bonchev–Trinajstić information content (AvgIpc) is 3.15. The molecule has 280 valence electrons. The first-order valence-corrected chi connectivity index (χ1v) is 18.2. The second kappa shape index (κ2) is 19.3. The summed E-state index contributed by atoms with van der Waals surface area (Å²) in [5, 5.41) is 17.0. The minimum absolute atomic E-state index is 0.0732. The number of amides is 3. The molecule has 4 aromatic rings. The van der Waals surface area contributed by atoms with Gasteiger partial charge in [0.2, 0.25) is 11.8 Å². The lowest BCUT2D eigenvalue weighted by molar-refractivity contribution is -0.140. The van der Waals surface area contributed by atoms with Crippen molar-refractivity contribution in [2.75, 3.05) is 13.7 Å². The fourth-order valence-corrected chi connectivity index (χ4v) is 5.69. The van der Waals surface area contributed by atoms with Crippen LogP contribution >= 0.6 is 0 Å². The zero-order valence-corrected chi connectivity index (χ0v) is 31.3. The van der Waals surface area contributed by atoms with Gasteiger partial charge in [-0.1, -0.05) is 102 Å². The van der Waals surface area contributed by atoms with E-state index in [1.807, 2.05) is 60.7 Å². The third kappa shape index (κ3) is 12.3. The Balaban J connectivity index is 1.45. The number of carboxylic acid groups (broad SMARTS) is 1. The lowest BCUT2D eigenvalue weighted by atomic mass is 9.86. The predicted molar refractivity (Wildman–Crippen MR) is 206 cm³/mol. The number of carbonyl (C=O) groups is 4. The molecule has 4 rings (SSSR count). The maximum absolute atomic E-state index is 13.5. The van der Waals surface area contributed by atoms with E-state index < -0.39 is 42.2 Å². The van der Waals surface area contributed by atoms with Gasteiger partial charge in [-0.3, -0.25) is 19.2 Å². The number of aromatic nitrogens is 2. The van der Waals surface area contributed by atoms with Crippen LogP contribution in [0, 0.1) is 0 Å². The Morgan fingerprint density at radius 1 is 0.736 bits per heavy atom. The molecular formula is C42H51N5O6. The molecule has 0 bridgehead atoms. The van der Waals surface area contributed by atoms with Crippen molar-refractivity contribution in [1.82, 2.24) is 25.9 Å². The van der Waals surface area contributed by atoms with E-state index in [-0.39, 0.29) is 11.8 Å². The number of rotatable bonds is 18. The highest BCUT2D eigenvalue weighted by Gasteiger charge is 2.29. The summed E-state index contributed by atoms with van der Waals surface area (Å²) in [4.78, 5) is 59.8. The molecule has 0 radical (unpaired) electrons. The SMILES string of the molecule is CCCCCCCOc1ccc(-c2cnc(-c3ccc(C[C@H](NC(=O)c4ccc(C(C)(C)C)cc4)C(=O)N[C@@H](CC(=O)O)C(=O)NC)cc3)nc2)cc1. The fourth-order valence-electron chi connectivity index (χ4n) is 5.69. The second-order valence-corrected chi connectivity index (χ2v) is 14.1. The molecule has 3 aromatic carbocycles. The summed E-state index contributed by atoms with van der Waals surface area (Å²) in [6, 6.07) is 19.9. The van der Waals surface area contributed by atoms with E-state index in [2.05, 4.69) is 53.6 Å². The highest BCUT2D eigenvalue weighted by molar-refractivity contribution is 5.99. The molecule has 1 heterocycles. The maximum atomic E-state index is 13.5. The number of ether oxygens (including phenoxy) is 1. The third-order valence-corrected chi connectivity index (χ3v) is 8.90. The first-order valence-electron chi connectivity index (χ1n) is 18.2. The number of carbonyl (C=O) groups excluding carboxylic acids is 3. The minimum Gasteiger partial charge on any atom is -0.494 e. The number of likely N-dealkylation sites (N-methyl/N-ethyl adjacent to an activating group) is 1. The monoisotopic (exact) mass is 721 g/mol. The van der Waals surface area contributed by atoms with Crippen molar-refractivity contribution in [3.8, 4) is 28.3 Å². The number of nitrogens with zero attached hydrogens (tertiary/aromatic N) is 2. The highest BCUT2D eigenvalue weighted by Crippen LogP contribution is 2.25. The molecule has 0 fully saturated rings. The molecule has 11 heteroatoms. The van der Waals surface area contributed by atoms with E-state index in [1.54, 1.807) is 24.5 Å². The van der Waals surface area contributed by atoms with E-state index in [0.717, 1.165) is 34.4 Å². The molecule has 11 nitrogen and oxygen atoms in total. The molecule has 0 saturated carbocycles. The summed E-state index contributed by atoms with van der Waals surface area (Å²) < 4.78 is 5.89. The standard InChI is InChI=1S/C42H51N5O6/c1-6-7-8-9-10-23-53-34-21-17-29(18-22-34)32-26-44-38(45-27-32)30-13-11-28(12-14-30)24-35(41(52)47-36(25-37(48)49)40(51)43-5)46-39(50)31-15-19-33(20-16-31)42(2,3)4/h11-22,26-27,35-36H,6-10,23-25H2,1-5H3,(H,43,51)(H,46,50)(H,47,52)(H,48,49)/t35-,36-/m0/s1. The molecule has 53 heavy (non-hydrogen) atoms. The molecular weight excluding hydrogens is 670 g/mol. The lowest BCUT2D eigenvalue weighted by Crippen LogP contribution is -2.54. The molecule has 4 N–H and O–H groups in total. The zero-order valence-electron chi connectivity index (χ0n) is 31.3. The summed E-state index contributed by atoms with van der Waals surface area (Å²) >= 11 is 0. The summed E-state index contributed by atoms with van der Waals surface area (Å²) in [5.74, 6) is -1.73. The van der Waals surface area contributed by atoms with Gasteiger partial charge in [0.15, 0.2) is 5.82 Å². The molecule has 1 aromatic heterocycles. The number of hydrogen-bond acceptors (Lipinski definition) is 7. The lowest BCUT2D eigenvalue weighted by Gasteiger charge is -2.23.